The summed E-state index contributed by atoms with van der Waals surface area (Å²) in [6, 6.07) is 2.46. The Kier molecular flexibility index (Phi) is 3.56. The lowest BCUT2D eigenvalue weighted by Crippen LogP contribution is -2.11. The number of aromatic amines is 1. The van der Waals surface area contributed by atoms with Gasteiger partial charge in [0, 0.05) is 12.6 Å². The van der Waals surface area contributed by atoms with Gasteiger partial charge in [0.05, 0.1) is 12.3 Å². The van der Waals surface area contributed by atoms with Crippen LogP contribution in [0.4, 0.5) is 0 Å². The van der Waals surface area contributed by atoms with E-state index in [1.165, 1.54) is 18.5 Å². The van der Waals surface area contributed by atoms with Crippen molar-refractivity contribution in [1.29, 1.82) is 0 Å². The van der Waals surface area contributed by atoms with Crippen molar-refractivity contribution in [1.82, 2.24) is 15.0 Å². The first-order chi connectivity index (χ1) is 9.10. The highest BCUT2D eigenvalue weighted by Gasteiger charge is 2.12. The van der Waals surface area contributed by atoms with E-state index in [4.69, 9.17) is 9.84 Å². The van der Waals surface area contributed by atoms with Gasteiger partial charge in [-0.05, 0) is 6.07 Å². The molecule has 0 aliphatic heterocycles. The van der Waals surface area contributed by atoms with Gasteiger partial charge in [0.1, 0.15) is 11.4 Å². The summed E-state index contributed by atoms with van der Waals surface area (Å²) >= 11 is 0. The largest absolute Gasteiger partial charge is 0.478 e. The molecule has 0 radical (unpaired) electrons. The molecule has 0 atom stereocenters. The van der Waals surface area contributed by atoms with Crippen LogP contribution in [-0.4, -0.2) is 26.0 Å². The van der Waals surface area contributed by atoms with Crippen molar-refractivity contribution >= 4 is 5.97 Å². The summed E-state index contributed by atoms with van der Waals surface area (Å²) in [5, 5.41) is 9.00. The molecule has 0 aliphatic rings. The molecule has 2 aromatic heterocycles. The topological polar surface area (TPSA) is 105 Å². The number of H-pyrrole nitrogens is 1. The molecule has 0 aliphatic carbocycles. The lowest BCUT2D eigenvalue weighted by Gasteiger charge is -2.07. The van der Waals surface area contributed by atoms with Gasteiger partial charge in [-0.1, -0.05) is 6.92 Å². The summed E-state index contributed by atoms with van der Waals surface area (Å²) in [4.78, 5) is 32.8. The van der Waals surface area contributed by atoms with Crippen LogP contribution in [0.15, 0.2) is 29.3 Å². The second-order valence-corrected chi connectivity index (χ2v) is 3.66. The average Bonchev–Trinajstić information content (AvgIpc) is 2.38. The van der Waals surface area contributed by atoms with Gasteiger partial charge in [-0.2, -0.15) is 4.98 Å². The van der Waals surface area contributed by atoms with Gasteiger partial charge in [-0.15, -0.1) is 0 Å². The fourth-order valence-corrected chi connectivity index (χ4v) is 1.45. The minimum atomic E-state index is -1.14. The zero-order valence-electron chi connectivity index (χ0n) is 10.1. The van der Waals surface area contributed by atoms with Gasteiger partial charge in [0.15, 0.2) is 5.75 Å². The van der Waals surface area contributed by atoms with E-state index < -0.39 is 5.97 Å². The molecule has 0 fully saturated rings. The van der Waals surface area contributed by atoms with Crippen molar-refractivity contribution in [3.63, 3.8) is 0 Å². The fraction of sp³-hybridized carbons (Fsp3) is 0.167. The smallest absolute Gasteiger partial charge is 0.339 e. The summed E-state index contributed by atoms with van der Waals surface area (Å²) in [7, 11) is 0. The quantitative estimate of drug-likeness (QED) is 0.857. The number of pyridine rings is 1. The molecular formula is C12H11N3O4. The predicted octanol–water partition coefficient (Wildman–Crippen LogP) is 1.22. The third kappa shape index (κ3) is 2.95. The van der Waals surface area contributed by atoms with Gasteiger partial charge in [-0.25, -0.2) is 4.79 Å². The Hall–Kier alpha value is -2.70. The van der Waals surface area contributed by atoms with Crippen LogP contribution in [-0.2, 0) is 6.42 Å². The van der Waals surface area contributed by atoms with E-state index in [0.29, 0.717) is 12.2 Å². The molecule has 0 spiro atoms. The molecule has 98 valence electrons. The number of carbonyl (C=O) groups is 1. The van der Waals surface area contributed by atoms with E-state index in [9.17, 15) is 9.59 Å². The molecule has 2 aromatic rings. The van der Waals surface area contributed by atoms with Gasteiger partial charge >= 0.3 is 5.97 Å². The molecule has 19 heavy (non-hydrogen) atoms. The number of carboxylic acids is 1. The van der Waals surface area contributed by atoms with Crippen molar-refractivity contribution in [2.75, 3.05) is 0 Å². The van der Waals surface area contributed by atoms with Crippen LogP contribution in [0.5, 0.6) is 11.6 Å². The van der Waals surface area contributed by atoms with Crippen LogP contribution in [0.3, 0.4) is 0 Å². The first-order valence-corrected chi connectivity index (χ1v) is 5.55. The molecule has 0 saturated carbocycles. The predicted molar refractivity (Wildman–Crippen MR) is 65.5 cm³/mol. The molecule has 2 rings (SSSR count). The normalized spacial score (nSPS) is 10.2. The number of ether oxygens (including phenoxy) is 1. The number of aryl methyl sites for hydroxylation is 1. The second kappa shape index (κ2) is 5.30. The average molecular weight is 261 g/mol. The maximum Gasteiger partial charge on any atom is 0.339 e. The number of hydrogen-bond acceptors (Lipinski definition) is 5. The lowest BCUT2D eigenvalue weighted by molar-refractivity contribution is 0.0694. The van der Waals surface area contributed by atoms with Crippen molar-refractivity contribution in [2.45, 2.75) is 13.3 Å². The monoisotopic (exact) mass is 261 g/mol. The Morgan fingerprint density at radius 1 is 1.53 bits per heavy atom. The maximum atomic E-state index is 11.4. The van der Waals surface area contributed by atoms with E-state index in [1.807, 2.05) is 6.92 Å². The summed E-state index contributed by atoms with van der Waals surface area (Å²) in [5.74, 6) is -0.604. The number of aromatic nitrogens is 3. The lowest BCUT2D eigenvalue weighted by atomic mass is 10.2. The van der Waals surface area contributed by atoms with Crippen LogP contribution < -0.4 is 10.3 Å². The zero-order chi connectivity index (χ0) is 13.8. The maximum absolute atomic E-state index is 11.4. The van der Waals surface area contributed by atoms with Crippen LogP contribution in [0, 0.1) is 0 Å². The molecule has 7 heteroatoms. The molecule has 2 N–H and O–H groups in total. The summed E-state index contributed by atoms with van der Waals surface area (Å²) in [6.07, 6.45) is 3.14. The van der Waals surface area contributed by atoms with Crippen LogP contribution in [0.25, 0.3) is 0 Å². The summed E-state index contributed by atoms with van der Waals surface area (Å²) in [5.41, 5.74) is -0.405. The van der Waals surface area contributed by atoms with Crippen LogP contribution in [0.2, 0.25) is 0 Å². The number of nitrogens with one attached hydrogen (secondary N) is 1. The standard InChI is InChI=1S/C12H11N3O4/c1-2-9-14-10(16)5-11(15-9)19-8-6-13-4-3-7(8)12(17)18/h3-6H,2H2,1H3,(H,17,18)(H,14,15,16). The second-order valence-electron chi connectivity index (χ2n) is 3.66. The van der Waals surface area contributed by atoms with Gasteiger partial charge in [-0.3, -0.25) is 9.78 Å². The van der Waals surface area contributed by atoms with E-state index in [2.05, 4.69) is 15.0 Å². The first-order valence-electron chi connectivity index (χ1n) is 5.55. The van der Waals surface area contributed by atoms with E-state index in [1.54, 1.807) is 0 Å². The van der Waals surface area contributed by atoms with Gasteiger partial charge in [0.25, 0.3) is 5.56 Å². The van der Waals surface area contributed by atoms with Crippen LogP contribution >= 0.6 is 0 Å². The fourth-order valence-electron chi connectivity index (χ4n) is 1.45. The Labute approximate surface area is 107 Å². The Balaban J connectivity index is 2.39. The number of aromatic carboxylic acids is 1. The molecule has 0 unspecified atom stereocenters. The number of hydrogen-bond donors (Lipinski definition) is 2. The Morgan fingerprint density at radius 2 is 2.32 bits per heavy atom. The molecule has 2 heterocycles. The van der Waals surface area contributed by atoms with Crippen molar-refractivity contribution in [2.24, 2.45) is 0 Å². The molecule has 0 aromatic carbocycles. The van der Waals surface area contributed by atoms with Crippen molar-refractivity contribution in [3.05, 3.63) is 46.3 Å². The summed E-state index contributed by atoms with van der Waals surface area (Å²) < 4.78 is 5.32. The van der Waals surface area contributed by atoms with Crippen molar-refractivity contribution < 1.29 is 14.6 Å². The Bertz CT molecular complexity index is 666. The highest BCUT2D eigenvalue weighted by Crippen LogP contribution is 2.21. The molecule has 7 nitrogen and oxygen atoms in total. The third-order valence-corrected chi connectivity index (χ3v) is 2.33. The number of rotatable bonds is 4. The molecule has 0 amide bonds. The molecular weight excluding hydrogens is 250 g/mol. The number of carboxylic acid groups (broad SMARTS) is 1. The Morgan fingerprint density at radius 3 is 3.00 bits per heavy atom. The minimum absolute atomic E-state index is 0.0372. The van der Waals surface area contributed by atoms with E-state index >= 15 is 0 Å². The van der Waals surface area contributed by atoms with Crippen LogP contribution in [0.1, 0.15) is 23.1 Å². The van der Waals surface area contributed by atoms with E-state index in [-0.39, 0.29) is 22.8 Å². The SMILES string of the molecule is CCc1nc(Oc2cnccc2C(=O)O)cc(=O)[nH]1. The minimum Gasteiger partial charge on any atom is -0.478 e. The highest BCUT2D eigenvalue weighted by molar-refractivity contribution is 5.90. The van der Waals surface area contributed by atoms with E-state index in [0.717, 1.165) is 6.07 Å². The van der Waals surface area contributed by atoms with Crippen molar-refractivity contribution in [3.8, 4) is 11.6 Å². The summed E-state index contributed by atoms with van der Waals surface area (Å²) in [6.45, 7) is 1.83. The zero-order valence-corrected chi connectivity index (χ0v) is 10.1. The number of nitrogens with zero attached hydrogens (tertiary/aromatic N) is 2. The van der Waals surface area contributed by atoms with Gasteiger partial charge in [0.2, 0.25) is 5.88 Å². The highest BCUT2D eigenvalue weighted by atomic mass is 16.5. The molecule has 0 saturated heterocycles. The van der Waals surface area contributed by atoms with Gasteiger partial charge < -0.3 is 14.8 Å². The third-order valence-electron chi connectivity index (χ3n) is 2.33. The molecule has 0 bridgehead atoms. The first kappa shape index (κ1) is 12.7.